The number of rotatable bonds is 4. The largest absolute Gasteiger partial charge is 0.487 e. The molecule has 110 valence electrons. The highest BCUT2D eigenvalue weighted by Gasteiger charge is 2.07. The molecule has 0 heterocycles. The van der Waals surface area contributed by atoms with E-state index in [1.165, 1.54) is 6.92 Å². The van der Waals surface area contributed by atoms with Crippen molar-refractivity contribution in [3.63, 3.8) is 0 Å². The number of halogens is 2. The fourth-order valence-corrected chi connectivity index (χ4v) is 2.15. The van der Waals surface area contributed by atoms with E-state index < -0.39 is 0 Å². The Balaban J connectivity index is 2.16. The van der Waals surface area contributed by atoms with E-state index in [0.29, 0.717) is 28.1 Å². The van der Waals surface area contributed by atoms with Crippen LogP contribution in [0.25, 0.3) is 0 Å². The Morgan fingerprint density at radius 2 is 1.90 bits per heavy atom. The SMILES string of the molecule is CC(=O)Nc1ccc(C)cc1OCc1ccc(Cl)c(Cl)c1. The molecule has 0 spiro atoms. The molecule has 0 saturated carbocycles. The first kappa shape index (κ1) is 15.7. The number of carbonyl (C=O) groups is 1. The third kappa shape index (κ3) is 4.38. The van der Waals surface area contributed by atoms with Gasteiger partial charge in [0.25, 0.3) is 0 Å². The molecule has 1 amide bonds. The van der Waals surface area contributed by atoms with Crippen LogP contribution in [0.5, 0.6) is 5.75 Å². The highest BCUT2D eigenvalue weighted by atomic mass is 35.5. The number of hydrogen-bond acceptors (Lipinski definition) is 2. The minimum Gasteiger partial charge on any atom is -0.487 e. The molecule has 0 aromatic heterocycles. The van der Waals surface area contributed by atoms with Crippen molar-refractivity contribution >= 4 is 34.8 Å². The van der Waals surface area contributed by atoms with Crippen LogP contribution in [0.1, 0.15) is 18.1 Å². The average Bonchev–Trinajstić information content (AvgIpc) is 2.42. The zero-order valence-electron chi connectivity index (χ0n) is 11.7. The van der Waals surface area contributed by atoms with Gasteiger partial charge >= 0.3 is 0 Å². The van der Waals surface area contributed by atoms with Crippen LogP contribution in [0.4, 0.5) is 5.69 Å². The molecule has 0 aliphatic heterocycles. The van der Waals surface area contributed by atoms with Gasteiger partial charge in [-0.25, -0.2) is 0 Å². The first-order chi connectivity index (χ1) is 9.95. The van der Waals surface area contributed by atoms with Gasteiger partial charge in [0.2, 0.25) is 5.91 Å². The van der Waals surface area contributed by atoms with Gasteiger partial charge in [-0.1, -0.05) is 35.3 Å². The van der Waals surface area contributed by atoms with Gasteiger partial charge in [0.15, 0.2) is 0 Å². The van der Waals surface area contributed by atoms with Crippen molar-refractivity contribution in [3.05, 3.63) is 57.6 Å². The van der Waals surface area contributed by atoms with E-state index in [1.54, 1.807) is 12.1 Å². The maximum Gasteiger partial charge on any atom is 0.221 e. The number of anilines is 1. The first-order valence-electron chi connectivity index (χ1n) is 6.40. The summed E-state index contributed by atoms with van der Waals surface area (Å²) >= 11 is 11.9. The number of carbonyl (C=O) groups excluding carboxylic acids is 1. The predicted octanol–water partition coefficient (Wildman–Crippen LogP) is 4.84. The summed E-state index contributed by atoms with van der Waals surface area (Å²) in [4.78, 5) is 11.2. The van der Waals surface area contributed by atoms with Crippen molar-refractivity contribution in [2.24, 2.45) is 0 Å². The maximum atomic E-state index is 11.2. The van der Waals surface area contributed by atoms with E-state index >= 15 is 0 Å². The molecule has 0 radical (unpaired) electrons. The van der Waals surface area contributed by atoms with Crippen LogP contribution in [0, 0.1) is 6.92 Å². The van der Waals surface area contributed by atoms with Crippen LogP contribution in [-0.2, 0) is 11.4 Å². The van der Waals surface area contributed by atoms with Gasteiger partial charge in [-0.15, -0.1) is 0 Å². The monoisotopic (exact) mass is 323 g/mol. The van der Waals surface area contributed by atoms with Crippen molar-refractivity contribution < 1.29 is 9.53 Å². The van der Waals surface area contributed by atoms with Gasteiger partial charge in [0.05, 0.1) is 15.7 Å². The molecule has 0 aliphatic rings. The molecule has 21 heavy (non-hydrogen) atoms. The molecule has 0 unspecified atom stereocenters. The van der Waals surface area contributed by atoms with Crippen molar-refractivity contribution in [1.29, 1.82) is 0 Å². The lowest BCUT2D eigenvalue weighted by Crippen LogP contribution is -2.08. The molecular formula is C16H15Cl2NO2. The quantitative estimate of drug-likeness (QED) is 0.874. The van der Waals surface area contributed by atoms with Gasteiger partial charge in [0.1, 0.15) is 12.4 Å². The van der Waals surface area contributed by atoms with E-state index in [-0.39, 0.29) is 5.91 Å². The number of hydrogen-bond donors (Lipinski definition) is 1. The molecule has 0 bridgehead atoms. The molecule has 0 atom stereocenters. The highest BCUT2D eigenvalue weighted by molar-refractivity contribution is 6.42. The van der Waals surface area contributed by atoms with Crippen molar-refractivity contribution in [3.8, 4) is 5.75 Å². The molecular weight excluding hydrogens is 309 g/mol. The Morgan fingerprint density at radius 1 is 1.14 bits per heavy atom. The minimum atomic E-state index is -0.141. The van der Waals surface area contributed by atoms with Gasteiger partial charge in [-0.2, -0.15) is 0 Å². The minimum absolute atomic E-state index is 0.141. The summed E-state index contributed by atoms with van der Waals surface area (Å²) < 4.78 is 5.78. The molecule has 2 aromatic rings. The predicted molar refractivity (Wildman–Crippen MR) is 86.3 cm³/mol. The molecule has 2 rings (SSSR count). The molecule has 0 saturated heterocycles. The third-order valence-electron chi connectivity index (χ3n) is 2.83. The van der Waals surface area contributed by atoms with Gasteiger partial charge < -0.3 is 10.1 Å². The molecule has 1 N–H and O–H groups in total. The summed E-state index contributed by atoms with van der Waals surface area (Å²) in [6, 6.07) is 11.0. The lowest BCUT2D eigenvalue weighted by molar-refractivity contribution is -0.114. The summed E-state index contributed by atoms with van der Waals surface area (Å²) in [7, 11) is 0. The van der Waals surface area contributed by atoms with Crippen LogP contribution >= 0.6 is 23.2 Å². The number of ether oxygens (including phenoxy) is 1. The van der Waals surface area contributed by atoms with Crippen LogP contribution in [0.2, 0.25) is 10.0 Å². The second kappa shape index (κ2) is 6.83. The highest BCUT2D eigenvalue weighted by Crippen LogP contribution is 2.28. The molecule has 0 aliphatic carbocycles. The molecule has 3 nitrogen and oxygen atoms in total. The van der Waals surface area contributed by atoms with Crippen LogP contribution in [0.15, 0.2) is 36.4 Å². The average molecular weight is 324 g/mol. The van der Waals surface area contributed by atoms with E-state index in [0.717, 1.165) is 11.1 Å². The zero-order valence-corrected chi connectivity index (χ0v) is 13.3. The number of nitrogens with one attached hydrogen (secondary N) is 1. The summed E-state index contributed by atoms with van der Waals surface area (Å²) in [5.41, 5.74) is 2.60. The van der Waals surface area contributed by atoms with Gasteiger partial charge in [-0.3, -0.25) is 4.79 Å². The fourth-order valence-electron chi connectivity index (χ4n) is 1.83. The van der Waals surface area contributed by atoms with E-state index in [4.69, 9.17) is 27.9 Å². The molecule has 5 heteroatoms. The standard InChI is InChI=1S/C16H15Cl2NO2/c1-10-3-6-15(19-11(2)20)16(7-10)21-9-12-4-5-13(17)14(18)8-12/h3-8H,9H2,1-2H3,(H,19,20). The molecule has 2 aromatic carbocycles. The van der Waals surface area contributed by atoms with Crippen molar-refractivity contribution in [1.82, 2.24) is 0 Å². The fraction of sp³-hybridized carbons (Fsp3) is 0.188. The summed E-state index contributed by atoms with van der Waals surface area (Å²) in [6.45, 7) is 3.76. The number of benzene rings is 2. The van der Waals surface area contributed by atoms with Gasteiger partial charge in [0, 0.05) is 6.92 Å². The molecule has 0 fully saturated rings. The van der Waals surface area contributed by atoms with E-state index in [9.17, 15) is 4.79 Å². The normalized spacial score (nSPS) is 10.3. The first-order valence-corrected chi connectivity index (χ1v) is 7.16. The van der Waals surface area contributed by atoms with Crippen molar-refractivity contribution in [2.45, 2.75) is 20.5 Å². The van der Waals surface area contributed by atoms with Crippen LogP contribution in [0.3, 0.4) is 0 Å². The lowest BCUT2D eigenvalue weighted by atomic mass is 10.2. The number of aryl methyl sites for hydroxylation is 1. The summed E-state index contributed by atoms with van der Waals surface area (Å²) in [6.07, 6.45) is 0. The maximum absolute atomic E-state index is 11.2. The Morgan fingerprint density at radius 3 is 2.57 bits per heavy atom. The van der Waals surface area contributed by atoms with Crippen molar-refractivity contribution in [2.75, 3.05) is 5.32 Å². The lowest BCUT2D eigenvalue weighted by Gasteiger charge is -2.13. The third-order valence-corrected chi connectivity index (χ3v) is 3.57. The van der Waals surface area contributed by atoms with E-state index in [2.05, 4.69) is 5.32 Å². The Labute approximate surface area is 133 Å². The van der Waals surface area contributed by atoms with Gasteiger partial charge in [-0.05, 0) is 42.3 Å². The Bertz CT molecular complexity index is 671. The van der Waals surface area contributed by atoms with E-state index in [1.807, 2.05) is 31.2 Å². The topological polar surface area (TPSA) is 38.3 Å². The van der Waals surface area contributed by atoms with Crippen LogP contribution in [-0.4, -0.2) is 5.91 Å². The smallest absolute Gasteiger partial charge is 0.221 e. The second-order valence-corrected chi connectivity index (χ2v) is 5.53. The second-order valence-electron chi connectivity index (χ2n) is 4.72. The number of amides is 1. The van der Waals surface area contributed by atoms with Crippen LogP contribution < -0.4 is 10.1 Å². The zero-order chi connectivity index (χ0) is 15.4. The summed E-state index contributed by atoms with van der Waals surface area (Å²) in [5, 5.41) is 3.75. The Kier molecular flexibility index (Phi) is 5.10. The Hall–Kier alpha value is -1.71. The summed E-state index contributed by atoms with van der Waals surface area (Å²) in [5.74, 6) is 0.481.